The van der Waals surface area contributed by atoms with Crippen LogP contribution in [0.3, 0.4) is 0 Å². The Bertz CT molecular complexity index is 1350. The van der Waals surface area contributed by atoms with Crippen molar-refractivity contribution >= 4 is 31.0 Å². The van der Waals surface area contributed by atoms with Crippen LogP contribution in [-0.4, -0.2) is 34.4 Å². The number of hydrogen-bond donors (Lipinski definition) is 1. The fraction of sp³-hybridized carbons (Fsp3) is 0.520. The molecule has 3 aromatic rings. The number of halogens is 2. The van der Waals surface area contributed by atoms with E-state index in [0.717, 1.165) is 24.5 Å². The van der Waals surface area contributed by atoms with Crippen LogP contribution in [0.2, 0.25) is 23.3 Å². The number of nitrogens with one attached hydrogen (secondary N) is 1. The molecular weight excluding hydrogens is 487 g/mol. The molecule has 3 aromatic heterocycles. The molecule has 0 fully saturated rings. The maximum absolute atomic E-state index is 14.1. The number of hydrogen-bond acceptors (Lipinski definition) is 5. The number of fused-ring (bicyclic) bond motifs is 1. The van der Waals surface area contributed by atoms with Gasteiger partial charge in [-0.15, -0.1) is 0 Å². The van der Waals surface area contributed by atoms with E-state index in [-0.39, 0.29) is 22.0 Å². The maximum Gasteiger partial charge on any atom is 0.334 e. The summed E-state index contributed by atoms with van der Waals surface area (Å²) in [6.07, 6.45) is 4.09. The summed E-state index contributed by atoms with van der Waals surface area (Å²) >= 11 is 5.94. The lowest BCUT2D eigenvalue weighted by Gasteiger charge is -2.36. The highest BCUT2D eigenvalue weighted by Gasteiger charge is 2.36. The Morgan fingerprint density at radius 3 is 2.54 bits per heavy atom. The summed E-state index contributed by atoms with van der Waals surface area (Å²) < 4.78 is 21.7. The van der Waals surface area contributed by atoms with E-state index in [2.05, 4.69) is 48.8 Å². The number of rotatable bonds is 8. The Hall–Kier alpha value is -2.36. The van der Waals surface area contributed by atoms with Crippen molar-refractivity contribution in [3.63, 3.8) is 0 Å². The van der Waals surface area contributed by atoms with Crippen LogP contribution < -0.4 is 11.2 Å². The molecule has 0 radical (unpaired) electrons. The summed E-state index contributed by atoms with van der Waals surface area (Å²) in [4.78, 5) is 36.3. The van der Waals surface area contributed by atoms with Gasteiger partial charge in [0.2, 0.25) is 0 Å². The van der Waals surface area contributed by atoms with Crippen molar-refractivity contribution in [2.45, 2.75) is 77.9 Å². The van der Waals surface area contributed by atoms with Crippen molar-refractivity contribution in [3.8, 4) is 5.69 Å². The molecule has 0 bridgehead atoms. The molecule has 0 saturated heterocycles. The van der Waals surface area contributed by atoms with Gasteiger partial charge < -0.3 is 4.43 Å². The molecule has 10 heteroatoms. The first kappa shape index (κ1) is 27.2. The topological polar surface area (TPSA) is 89.9 Å². The zero-order chi connectivity index (χ0) is 26.1. The van der Waals surface area contributed by atoms with E-state index in [0.29, 0.717) is 24.4 Å². The van der Waals surface area contributed by atoms with Gasteiger partial charge in [0.05, 0.1) is 16.8 Å². The summed E-state index contributed by atoms with van der Waals surface area (Å²) in [7, 11) is -1.82. The molecule has 0 aliphatic carbocycles. The zero-order valence-corrected chi connectivity index (χ0v) is 23.2. The molecule has 1 N–H and O–H groups in total. The fourth-order valence-corrected chi connectivity index (χ4v) is 4.90. The van der Waals surface area contributed by atoms with Gasteiger partial charge in [-0.2, -0.15) is 0 Å². The second kappa shape index (κ2) is 10.3. The van der Waals surface area contributed by atoms with Gasteiger partial charge in [0.25, 0.3) is 5.56 Å². The minimum Gasteiger partial charge on any atom is -0.417 e. The van der Waals surface area contributed by atoms with E-state index in [1.54, 1.807) is 6.20 Å². The van der Waals surface area contributed by atoms with Crippen molar-refractivity contribution in [1.82, 2.24) is 19.5 Å². The molecule has 3 rings (SSSR count). The first-order valence-electron chi connectivity index (χ1n) is 11.9. The SMILES string of the molecule is CC(C)c1nccc(CCCCO[Si](C)(C)C(C)(C)C)c1-n1c(=O)[nH]c(=O)c2cc(F)c(Cl)nc21. The fourth-order valence-electron chi connectivity index (χ4n) is 3.67. The lowest BCUT2D eigenvalue weighted by Crippen LogP contribution is -2.40. The number of unbranched alkanes of at least 4 members (excludes halogenated alkanes) is 1. The van der Waals surface area contributed by atoms with Gasteiger partial charge >= 0.3 is 5.69 Å². The van der Waals surface area contributed by atoms with E-state index in [9.17, 15) is 14.0 Å². The number of pyridine rings is 2. The first-order chi connectivity index (χ1) is 16.2. The molecule has 0 aliphatic heterocycles. The minimum absolute atomic E-state index is 0.00237. The quantitative estimate of drug-likeness (QED) is 0.233. The van der Waals surface area contributed by atoms with Crippen molar-refractivity contribution in [3.05, 3.63) is 61.4 Å². The van der Waals surface area contributed by atoms with Gasteiger partial charge in [0.1, 0.15) is 0 Å². The molecule has 7 nitrogen and oxygen atoms in total. The average Bonchev–Trinajstić information content (AvgIpc) is 2.74. The summed E-state index contributed by atoms with van der Waals surface area (Å²) in [5, 5.41) is -0.313. The Kier molecular flexibility index (Phi) is 8.03. The number of aryl methyl sites for hydroxylation is 1. The molecular formula is C25H34ClFN4O3Si. The number of aromatic amines is 1. The molecule has 0 aliphatic rings. The highest BCUT2D eigenvalue weighted by Crippen LogP contribution is 2.36. The van der Waals surface area contributed by atoms with E-state index in [4.69, 9.17) is 16.0 Å². The average molecular weight is 521 g/mol. The van der Waals surface area contributed by atoms with E-state index < -0.39 is 30.5 Å². The third kappa shape index (κ3) is 5.73. The zero-order valence-electron chi connectivity index (χ0n) is 21.5. The molecule has 3 heterocycles. The second-order valence-corrected chi connectivity index (χ2v) is 15.8. The van der Waals surface area contributed by atoms with Crippen molar-refractivity contribution in [1.29, 1.82) is 0 Å². The predicted molar refractivity (Wildman–Crippen MR) is 141 cm³/mol. The molecule has 0 amide bonds. The maximum atomic E-state index is 14.1. The van der Waals surface area contributed by atoms with Crippen LogP contribution in [0.25, 0.3) is 16.7 Å². The molecule has 35 heavy (non-hydrogen) atoms. The lowest BCUT2D eigenvalue weighted by atomic mass is 10.0. The Labute approximate surface area is 210 Å². The van der Waals surface area contributed by atoms with Crippen LogP contribution in [0.4, 0.5) is 4.39 Å². The number of H-pyrrole nitrogens is 1. The molecule has 0 unspecified atom stereocenters. The van der Waals surface area contributed by atoms with Gasteiger partial charge in [-0.1, -0.05) is 46.2 Å². The first-order valence-corrected chi connectivity index (χ1v) is 15.2. The van der Waals surface area contributed by atoms with Crippen LogP contribution in [0.15, 0.2) is 27.9 Å². The minimum atomic E-state index is -1.82. The standard InChI is InChI=1S/C25H34ClFN4O3Si/c1-15(2)19-20(31-22-17(23(32)30-24(31)33)14-18(27)21(26)29-22)16(11-12-28-19)10-8-9-13-34-35(6,7)25(3,4)5/h11-12,14-15H,8-10,13H2,1-7H3,(H,30,32,33). The monoisotopic (exact) mass is 520 g/mol. The molecule has 0 aromatic carbocycles. The normalized spacial score (nSPS) is 12.6. The van der Waals surface area contributed by atoms with Crippen molar-refractivity contribution in [2.75, 3.05) is 6.61 Å². The largest absolute Gasteiger partial charge is 0.417 e. The van der Waals surface area contributed by atoms with E-state index >= 15 is 0 Å². The summed E-state index contributed by atoms with van der Waals surface area (Å²) in [6, 6.07) is 2.87. The van der Waals surface area contributed by atoms with Gasteiger partial charge in [-0.25, -0.2) is 18.7 Å². The summed E-state index contributed by atoms with van der Waals surface area (Å²) in [5.74, 6) is -0.844. The van der Waals surface area contributed by atoms with Crippen LogP contribution in [0.5, 0.6) is 0 Å². The third-order valence-electron chi connectivity index (χ3n) is 6.71. The van der Waals surface area contributed by atoms with Crippen LogP contribution in [0.1, 0.15) is 64.6 Å². The van der Waals surface area contributed by atoms with Gasteiger partial charge in [-0.05, 0) is 61.0 Å². The van der Waals surface area contributed by atoms with Gasteiger partial charge in [-0.3, -0.25) is 14.8 Å². The van der Waals surface area contributed by atoms with Crippen molar-refractivity contribution < 1.29 is 8.82 Å². The Morgan fingerprint density at radius 2 is 1.91 bits per heavy atom. The smallest absolute Gasteiger partial charge is 0.334 e. The van der Waals surface area contributed by atoms with Gasteiger partial charge in [0.15, 0.2) is 24.9 Å². The Morgan fingerprint density at radius 1 is 1.23 bits per heavy atom. The van der Waals surface area contributed by atoms with E-state index in [1.165, 1.54) is 4.57 Å². The van der Waals surface area contributed by atoms with E-state index in [1.807, 2.05) is 19.9 Å². The molecule has 190 valence electrons. The highest BCUT2D eigenvalue weighted by molar-refractivity contribution is 6.74. The summed E-state index contributed by atoms with van der Waals surface area (Å²) in [6.45, 7) is 15.7. The molecule has 0 spiro atoms. The van der Waals surface area contributed by atoms with Crippen LogP contribution in [0, 0.1) is 5.82 Å². The van der Waals surface area contributed by atoms with Crippen molar-refractivity contribution in [2.24, 2.45) is 0 Å². The summed E-state index contributed by atoms with van der Waals surface area (Å²) in [5.41, 5.74) is 0.724. The molecule has 0 saturated carbocycles. The number of aromatic nitrogens is 4. The highest BCUT2D eigenvalue weighted by atomic mass is 35.5. The third-order valence-corrected chi connectivity index (χ3v) is 11.5. The Balaban J connectivity index is 2.02. The van der Waals surface area contributed by atoms with Crippen LogP contribution >= 0.6 is 11.6 Å². The van der Waals surface area contributed by atoms with Crippen LogP contribution in [-0.2, 0) is 10.8 Å². The molecule has 0 atom stereocenters. The second-order valence-electron chi connectivity index (χ2n) is 10.7. The lowest BCUT2D eigenvalue weighted by molar-refractivity contribution is 0.279. The predicted octanol–water partition coefficient (Wildman–Crippen LogP) is 5.73. The number of nitrogens with zero attached hydrogens (tertiary/aromatic N) is 3. The van der Waals surface area contributed by atoms with Gasteiger partial charge in [0, 0.05) is 12.8 Å².